The zero-order valence-electron chi connectivity index (χ0n) is 6.68. The molecule has 2 rings (SSSR count). The number of hydrogen-bond donors (Lipinski definition) is 1. The van der Waals surface area contributed by atoms with E-state index in [1.807, 2.05) is 0 Å². The van der Waals surface area contributed by atoms with E-state index < -0.39 is 11.7 Å². The molecule has 0 saturated heterocycles. The number of alkyl halides is 3. The number of hydrogen-bond acceptors (Lipinski definition) is 2. The van der Waals surface area contributed by atoms with Gasteiger partial charge in [-0.15, -0.1) is 11.3 Å². The van der Waals surface area contributed by atoms with E-state index in [2.05, 4.69) is 4.98 Å². The molecule has 0 amide bonds. The topological polar surface area (TPSA) is 15.8 Å². The molecule has 1 aromatic heterocycles. The SMILES string of the molecule is FC(F)(F)c1ccc2[nH]c(=S)sc2c1. The second kappa shape index (κ2) is 3.06. The molecule has 14 heavy (non-hydrogen) atoms. The minimum Gasteiger partial charge on any atom is -0.337 e. The Morgan fingerprint density at radius 1 is 1.29 bits per heavy atom. The highest BCUT2D eigenvalue weighted by atomic mass is 32.1. The summed E-state index contributed by atoms with van der Waals surface area (Å²) >= 11 is 5.97. The third-order valence-electron chi connectivity index (χ3n) is 1.75. The van der Waals surface area contributed by atoms with Gasteiger partial charge in [-0.25, -0.2) is 0 Å². The van der Waals surface area contributed by atoms with Crippen LogP contribution in [0.1, 0.15) is 5.56 Å². The fraction of sp³-hybridized carbons (Fsp3) is 0.125. The van der Waals surface area contributed by atoms with Crippen LogP contribution < -0.4 is 0 Å². The standard InChI is InChI=1S/C8H4F3NS2/c9-8(10,11)4-1-2-5-6(3-4)14-7(13)12-5/h1-3H,(H,12,13). The maximum Gasteiger partial charge on any atom is 0.416 e. The number of fused-ring (bicyclic) bond motifs is 1. The summed E-state index contributed by atoms with van der Waals surface area (Å²) in [7, 11) is 0. The fourth-order valence-electron chi connectivity index (χ4n) is 1.12. The van der Waals surface area contributed by atoms with Crippen LogP contribution >= 0.6 is 23.6 Å². The normalized spacial score (nSPS) is 12.2. The summed E-state index contributed by atoms with van der Waals surface area (Å²) in [5.74, 6) is 0. The Balaban J connectivity index is 2.67. The zero-order valence-corrected chi connectivity index (χ0v) is 8.32. The minimum atomic E-state index is -4.29. The maximum absolute atomic E-state index is 12.3. The molecule has 74 valence electrons. The quantitative estimate of drug-likeness (QED) is 0.683. The molecule has 2 aromatic rings. The van der Waals surface area contributed by atoms with Crippen LogP contribution in [0.5, 0.6) is 0 Å². The average Bonchev–Trinajstić information content (AvgIpc) is 2.41. The van der Waals surface area contributed by atoms with Crippen molar-refractivity contribution in [2.45, 2.75) is 6.18 Å². The van der Waals surface area contributed by atoms with Crippen LogP contribution in [0.2, 0.25) is 0 Å². The Morgan fingerprint density at radius 2 is 2.00 bits per heavy atom. The van der Waals surface area contributed by atoms with Gasteiger partial charge in [0.05, 0.1) is 15.8 Å². The molecule has 6 heteroatoms. The Labute approximate surface area is 86.2 Å². The summed E-state index contributed by atoms with van der Waals surface area (Å²) < 4.78 is 37.9. The van der Waals surface area contributed by atoms with Crippen molar-refractivity contribution in [2.24, 2.45) is 0 Å². The first kappa shape index (κ1) is 9.67. The molecule has 0 aliphatic carbocycles. The summed E-state index contributed by atoms with van der Waals surface area (Å²) in [5, 5.41) is 0. The number of nitrogens with one attached hydrogen (secondary N) is 1. The van der Waals surface area contributed by atoms with Gasteiger partial charge in [0.25, 0.3) is 0 Å². The number of aromatic amines is 1. The van der Waals surface area contributed by atoms with Gasteiger partial charge in [-0.3, -0.25) is 0 Å². The summed E-state index contributed by atoms with van der Waals surface area (Å²) in [4.78, 5) is 2.80. The monoisotopic (exact) mass is 235 g/mol. The van der Waals surface area contributed by atoms with Crippen molar-refractivity contribution in [1.29, 1.82) is 0 Å². The molecule has 1 nitrogen and oxygen atoms in total. The predicted molar refractivity (Wildman–Crippen MR) is 52.0 cm³/mol. The Bertz CT molecular complexity index is 523. The summed E-state index contributed by atoms with van der Waals surface area (Å²) in [5.41, 5.74) is 0.00301. The lowest BCUT2D eigenvalue weighted by Gasteiger charge is -2.05. The molecule has 1 N–H and O–H groups in total. The van der Waals surface area contributed by atoms with Crippen molar-refractivity contribution in [3.05, 3.63) is 27.7 Å². The highest BCUT2D eigenvalue weighted by Gasteiger charge is 2.30. The first-order chi connectivity index (χ1) is 6.47. The van der Waals surface area contributed by atoms with Gasteiger partial charge in [0.1, 0.15) is 0 Å². The number of benzene rings is 1. The highest BCUT2D eigenvalue weighted by molar-refractivity contribution is 7.73. The highest BCUT2D eigenvalue weighted by Crippen LogP contribution is 2.32. The van der Waals surface area contributed by atoms with Gasteiger partial charge in [0.15, 0.2) is 3.95 Å². The minimum absolute atomic E-state index is 0.485. The van der Waals surface area contributed by atoms with Gasteiger partial charge in [-0.05, 0) is 30.4 Å². The van der Waals surface area contributed by atoms with Gasteiger partial charge in [0.2, 0.25) is 0 Å². The van der Waals surface area contributed by atoms with Crippen molar-refractivity contribution in [1.82, 2.24) is 4.98 Å². The molecular formula is C8H4F3NS2. The second-order valence-corrected chi connectivity index (χ2v) is 4.44. The molecular weight excluding hydrogens is 231 g/mol. The van der Waals surface area contributed by atoms with Crippen LogP contribution in [0.25, 0.3) is 10.2 Å². The van der Waals surface area contributed by atoms with Crippen LogP contribution in [0, 0.1) is 3.95 Å². The maximum atomic E-state index is 12.3. The number of H-pyrrole nitrogens is 1. The number of rotatable bonds is 0. The molecule has 0 atom stereocenters. The molecule has 0 spiro atoms. The molecule has 1 aromatic carbocycles. The lowest BCUT2D eigenvalue weighted by Crippen LogP contribution is -2.03. The van der Waals surface area contributed by atoms with Crippen molar-refractivity contribution in [3.8, 4) is 0 Å². The summed E-state index contributed by atoms with van der Waals surface area (Å²) in [6, 6.07) is 3.54. The lowest BCUT2D eigenvalue weighted by molar-refractivity contribution is -0.137. The largest absolute Gasteiger partial charge is 0.416 e. The van der Waals surface area contributed by atoms with Gasteiger partial charge >= 0.3 is 6.18 Å². The number of halogens is 3. The third-order valence-corrected chi connectivity index (χ3v) is 2.95. The molecule has 0 radical (unpaired) electrons. The molecule has 0 bridgehead atoms. The van der Waals surface area contributed by atoms with E-state index in [-0.39, 0.29) is 0 Å². The molecule has 1 heterocycles. The lowest BCUT2D eigenvalue weighted by atomic mass is 10.2. The second-order valence-electron chi connectivity index (χ2n) is 2.72. The van der Waals surface area contributed by atoms with Crippen molar-refractivity contribution >= 4 is 33.8 Å². The Hall–Kier alpha value is -0.880. The van der Waals surface area contributed by atoms with E-state index in [0.29, 0.717) is 14.2 Å². The van der Waals surface area contributed by atoms with Crippen molar-refractivity contribution < 1.29 is 13.2 Å². The van der Waals surface area contributed by atoms with Crippen molar-refractivity contribution in [3.63, 3.8) is 0 Å². The molecule has 0 saturated carbocycles. The van der Waals surface area contributed by atoms with Crippen molar-refractivity contribution in [2.75, 3.05) is 0 Å². The van der Waals surface area contributed by atoms with Gasteiger partial charge < -0.3 is 4.98 Å². The van der Waals surface area contributed by atoms with Crippen LogP contribution in [-0.2, 0) is 6.18 Å². The number of thiazole rings is 1. The fourth-order valence-corrected chi connectivity index (χ4v) is 2.28. The molecule has 0 aliphatic heterocycles. The predicted octanol–water partition coefficient (Wildman–Crippen LogP) is 3.98. The van der Waals surface area contributed by atoms with Crippen LogP contribution in [0.15, 0.2) is 18.2 Å². The smallest absolute Gasteiger partial charge is 0.337 e. The van der Waals surface area contributed by atoms with Gasteiger partial charge in [-0.1, -0.05) is 0 Å². The van der Waals surface area contributed by atoms with Gasteiger partial charge in [0, 0.05) is 0 Å². The third kappa shape index (κ3) is 1.67. The first-order valence-electron chi connectivity index (χ1n) is 3.67. The Kier molecular flexibility index (Phi) is 2.11. The summed E-state index contributed by atoms with van der Waals surface area (Å²) in [6.07, 6.45) is -4.29. The zero-order chi connectivity index (χ0) is 10.3. The van der Waals surface area contributed by atoms with E-state index in [0.717, 1.165) is 23.5 Å². The van der Waals surface area contributed by atoms with Crippen LogP contribution in [0.3, 0.4) is 0 Å². The van der Waals surface area contributed by atoms with Crippen LogP contribution in [-0.4, -0.2) is 4.98 Å². The molecule has 0 fully saturated rings. The Morgan fingerprint density at radius 3 is 2.64 bits per heavy atom. The molecule has 0 unspecified atom stereocenters. The first-order valence-corrected chi connectivity index (χ1v) is 4.89. The summed E-state index contributed by atoms with van der Waals surface area (Å²) in [6.45, 7) is 0. The number of aromatic nitrogens is 1. The average molecular weight is 235 g/mol. The van der Waals surface area contributed by atoms with E-state index in [9.17, 15) is 13.2 Å². The molecule has 0 aliphatic rings. The van der Waals surface area contributed by atoms with E-state index in [1.54, 1.807) is 0 Å². The van der Waals surface area contributed by atoms with E-state index in [4.69, 9.17) is 12.2 Å². The van der Waals surface area contributed by atoms with Crippen LogP contribution in [0.4, 0.5) is 13.2 Å². The van der Waals surface area contributed by atoms with E-state index in [1.165, 1.54) is 6.07 Å². The van der Waals surface area contributed by atoms with Gasteiger partial charge in [-0.2, -0.15) is 13.2 Å². The van der Waals surface area contributed by atoms with E-state index >= 15 is 0 Å².